The van der Waals surface area contributed by atoms with E-state index in [0.717, 1.165) is 0 Å². The van der Waals surface area contributed by atoms with Gasteiger partial charge in [-0.05, 0) is 30.0 Å². The Morgan fingerprint density at radius 1 is 1.45 bits per heavy atom. The Morgan fingerprint density at radius 2 is 2.20 bits per heavy atom. The monoisotopic (exact) mass is 299 g/mol. The summed E-state index contributed by atoms with van der Waals surface area (Å²) in [6, 6.07) is 7.08. The normalized spacial score (nSPS) is 11.2. The highest BCUT2D eigenvalue weighted by Crippen LogP contribution is 2.18. The number of aliphatic hydroxyl groups is 1. The molecule has 1 aromatic carbocycles. The molecule has 2 N–H and O–H groups in total. The van der Waals surface area contributed by atoms with Crippen molar-refractivity contribution in [3.05, 3.63) is 29.3 Å². The highest BCUT2D eigenvalue weighted by molar-refractivity contribution is 6.30. The number of ether oxygens (including phenoxy) is 1. The van der Waals surface area contributed by atoms with Crippen molar-refractivity contribution in [3.63, 3.8) is 0 Å². The van der Waals surface area contributed by atoms with E-state index in [4.69, 9.17) is 21.4 Å². The van der Waals surface area contributed by atoms with Crippen molar-refractivity contribution in [2.24, 2.45) is 5.41 Å². The molecule has 0 heterocycles. The van der Waals surface area contributed by atoms with Crippen LogP contribution < -0.4 is 10.1 Å². The number of carbonyl (C=O) groups is 1. The Hall–Kier alpha value is -1.26. The lowest BCUT2D eigenvalue weighted by Gasteiger charge is -2.23. The zero-order valence-corrected chi connectivity index (χ0v) is 12.7. The molecular weight excluding hydrogens is 278 g/mol. The Kier molecular flexibility index (Phi) is 6.82. The maximum absolute atomic E-state index is 11.7. The average molecular weight is 300 g/mol. The van der Waals surface area contributed by atoms with Crippen molar-refractivity contribution < 1.29 is 14.6 Å². The number of hydrogen-bond donors (Lipinski definition) is 2. The molecule has 0 radical (unpaired) electrons. The summed E-state index contributed by atoms with van der Waals surface area (Å²) >= 11 is 5.84. The Labute approximate surface area is 125 Å². The van der Waals surface area contributed by atoms with Gasteiger partial charge in [0.1, 0.15) is 5.75 Å². The molecular formula is C15H22ClNO3. The second kappa shape index (κ2) is 8.12. The summed E-state index contributed by atoms with van der Waals surface area (Å²) in [6.07, 6.45) is 0.952. The van der Waals surface area contributed by atoms with Gasteiger partial charge in [0, 0.05) is 18.2 Å². The molecule has 5 heteroatoms. The number of hydrogen-bond acceptors (Lipinski definition) is 3. The minimum atomic E-state index is -0.0990. The van der Waals surface area contributed by atoms with Gasteiger partial charge in [0.15, 0.2) is 0 Å². The van der Waals surface area contributed by atoms with Crippen molar-refractivity contribution in [2.45, 2.75) is 26.7 Å². The van der Waals surface area contributed by atoms with Crippen LogP contribution in [0.1, 0.15) is 26.7 Å². The fourth-order valence-corrected chi connectivity index (χ4v) is 1.82. The SMILES string of the molecule is CC(C)(CCO)CNC(=O)CCOc1cccc(Cl)c1. The fourth-order valence-electron chi connectivity index (χ4n) is 1.64. The molecule has 0 aliphatic carbocycles. The minimum absolute atomic E-state index is 0.0574. The van der Waals surface area contributed by atoms with Gasteiger partial charge in [0.2, 0.25) is 5.91 Å². The van der Waals surface area contributed by atoms with E-state index in [1.807, 2.05) is 13.8 Å². The lowest BCUT2D eigenvalue weighted by Crippen LogP contribution is -2.35. The molecule has 0 bridgehead atoms. The lowest BCUT2D eigenvalue weighted by molar-refractivity contribution is -0.122. The molecule has 0 aliphatic rings. The third-order valence-electron chi connectivity index (χ3n) is 2.95. The number of nitrogens with one attached hydrogen (secondary N) is 1. The van der Waals surface area contributed by atoms with E-state index in [0.29, 0.717) is 36.8 Å². The van der Waals surface area contributed by atoms with Gasteiger partial charge in [0.25, 0.3) is 0 Å². The van der Waals surface area contributed by atoms with E-state index < -0.39 is 0 Å². The maximum Gasteiger partial charge on any atom is 0.223 e. The maximum atomic E-state index is 11.7. The van der Waals surface area contributed by atoms with E-state index >= 15 is 0 Å². The van der Waals surface area contributed by atoms with Crippen LogP contribution in [0.4, 0.5) is 0 Å². The second-order valence-electron chi connectivity index (χ2n) is 5.47. The zero-order valence-electron chi connectivity index (χ0n) is 12.0. The fraction of sp³-hybridized carbons (Fsp3) is 0.533. The summed E-state index contributed by atoms with van der Waals surface area (Å²) in [5, 5.41) is 12.4. The number of halogens is 1. The molecule has 0 atom stereocenters. The lowest BCUT2D eigenvalue weighted by atomic mass is 9.90. The molecule has 0 saturated carbocycles. The van der Waals surface area contributed by atoms with Crippen LogP contribution >= 0.6 is 11.6 Å². The molecule has 4 nitrogen and oxygen atoms in total. The van der Waals surface area contributed by atoms with E-state index in [1.54, 1.807) is 24.3 Å². The number of amides is 1. The van der Waals surface area contributed by atoms with Gasteiger partial charge in [-0.25, -0.2) is 0 Å². The van der Waals surface area contributed by atoms with Crippen LogP contribution in [0.2, 0.25) is 5.02 Å². The molecule has 1 amide bonds. The largest absolute Gasteiger partial charge is 0.493 e. The van der Waals surface area contributed by atoms with E-state index in [-0.39, 0.29) is 17.9 Å². The standard InChI is InChI=1S/C15H22ClNO3/c1-15(2,7-8-18)11-17-14(19)6-9-20-13-5-3-4-12(16)10-13/h3-5,10,18H,6-9,11H2,1-2H3,(H,17,19). The van der Waals surface area contributed by atoms with E-state index in [2.05, 4.69) is 5.32 Å². The highest BCUT2D eigenvalue weighted by Gasteiger charge is 2.17. The van der Waals surface area contributed by atoms with E-state index in [9.17, 15) is 4.79 Å². The molecule has 0 spiro atoms. The molecule has 0 saturated heterocycles. The van der Waals surface area contributed by atoms with Gasteiger partial charge < -0.3 is 15.2 Å². The van der Waals surface area contributed by atoms with Crippen LogP contribution in [0, 0.1) is 5.41 Å². The summed E-state index contributed by atoms with van der Waals surface area (Å²) in [5.74, 6) is 0.601. The molecule has 0 aromatic heterocycles. The minimum Gasteiger partial charge on any atom is -0.493 e. The van der Waals surface area contributed by atoms with E-state index in [1.165, 1.54) is 0 Å². The number of carbonyl (C=O) groups excluding carboxylic acids is 1. The van der Waals surface area contributed by atoms with Crippen LogP contribution in [0.15, 0.2) is 24.3 Å². The van der Waals surface area contributed by atoms with Gasteiger partial charge in [0.05, 0.1) is 13.0 Å². The first-order valence-corrected chi connectivity index (χ1v) is 7.07. The van der Waals surface area contributed by atoms with Gasteiger partial charge in [-0.3, -0.25) is 4.79 Å². The molecule has 112 valence electrons. The number of benzene rings is 1. The predicted octanol–water partition coefficient (Wildman–Crippen LogP) is 2.63. The quantitative estimate of drug-likeness (QED) is 0.776. The first-order valence-electron chi connectivity index (χ1n) is 6.69. The molecule has 1 aromatic rings. The molecule has 0 fully saturated rings. The van der Waals surface area contributed by atoms with Crippen LogP contribution in [-0.4, -0.2) is 30.8 Å². The number of aliphatic hydroxyl groups excluding tert-OH is 1. The summed E-state index contributed by atoms with van der Waals surface area (Å²) in [4.78, 5) is 11.7. The second-order valence-corrected chi connectivity index (χ2v) is 5.91. The third kappa shape index (κ3) is 6.78. The average Bonchev–Trinajstić information content (AvgIpc) is 2.37. The van der Waals surface area contributed by atoms with Crippen molar-refractivity contribution in [1.29, 1.82) is 0 Å². The van der Waals surface area contributed by atoms with Crippen LogP contribution in [-0.2, 0) is 4.79 Å². The van der Waals surface area contributed by atoms with Gasteiger partial charge in [-0.1, -0.05) is 31.5 Å². The zero-order chi connectivity index (χ0) is 15.0. The highest BCUT2D eigenvalue weighted by atomic mass is 35.5. The smallest absolute Gasteiger partial charge is 0.223 e. The van der Waals surface area contributed by atoms with Crippen molar-refractivity contribution in [2.75, 3.05) is 19.8 Å². The summed E-state index contributed by atoms with van der Waals surface area (Å²) < 4.78 is 5.45. The van der Waals surface area contributed by atoms with Crippen molar-refractivity contribution in [1.82, 2.24) is 5.32 Å². The Balaban J connectivity index is 2.23. The summed E-state index contributed by atoms with van der Waals surface area (Å²) in [7, 11) is 0. The first-order chi connectivity index (χ1) is 9.43. The van der Waals surface area contributed by atoms with Crippen LogP contribution in [0.5, 0.6) is 5.75 Å². The van der Waals surface area contributed by atoms with Gasteiger partial charge in [-0.2, -0.15) is 0 Å². The van der Waals surface area contributed by atoms with Gasteiger partial charge in [-0.15, -0.1) is 0 Å². The summed E-state index contributed by atoms with van der Waals surface area (Å²) in [5.41, 5.74) is -0.0990. The topological polar surface area (TPSA) is 58.6 Å². The molecule has 1 rings (SSSR count). The summed E-state index contributed by atoms with van der Waals surface area (Å²) in [6.45, 7) is 4.99. The molecule has 20 heavy (non-hydrogen) atoms. The van der Waals surface area contributed by atoms with Crippen LogP contribution in [0.25, 0.3) is 0 Å². The molecule has 0 unspecified atom stereocenters. The Morgan fingerprint density at radius 3 is 2.85 bits per heavy atom. The Bertz CT molecular complexity index is 435. The first kappa shape index (κ1) is 16.8. The van der Waals surface area contributed by atoms with Gasteiger partial charge >= 0.3 is 0 Å². The molecule has 0 aliphatic heterocycles. The van der Waals surface area contributed by atoms with Crippen molar-refractivity contribution in [3.8, 4) is 5.75 Å². The third-order valence-corrected chi connectivity index (χ3v) is 3.18. The number of rotatable bonds is 8. The van der Waals surface area contributed by atoms with Crippen molar-refractivity contribution >= 4 is 17.5 Å². The van der Waals surface area contributed by atoms with Crippen LogP contribution in [0.3, 0.4) is 0 Å². The predicted molar refractivity (Wildman–Crippen MR) is 80.1 cm³/mol.